The van der Waals surface area contributed by atoms with Crippen molar-refractivity contribution in [1.29, 1.82) is 0 Å². The van der Waals surface area contributed by atoms with Crippen LogP contribution in [0.1, 0.15) is 24.8 Å². The summed E-state index contributed by atoms with van der Waals surface area (Å²) in [4.78, 5) is 34.2. The molecule has 3 unspecified atom stereocenters. The summed E-state index contributed by atoms with van der Waals surface area (Å²) in [5.41, 5.74) is 2.20. The maximum atomic E-state index is 15.0. The Hall–Kier alpha value is -3.20. The molecular formula is C22H22ClFN4O4. The molecule has 1 aromatic carbocycles. The number of amides is 2. The van der Waals surface area contributed by atoms with Crippen molar-refractivity contribution in [1.82, 2.24) is 5.32 Å². The number of anilines is 1. The number of oxime groups is 1. The fourth-order valence-corrected chi connectivity index (χ4v) is 3.77. The highest BCUT2D eigenvalue weighted by Crippen LogP contribution is 2.29. The molecule has 0 aliphatic carbocycles. The summed E-state index contributed by atoms with van der Waals surface area (Å²) in [5.74, 6) is -0.654. The summed E-state index contributed by atoms with van der Waals surface area (Å²) in [7, 11) is 0. The van der Waals surface area contributed by atoms with Gasteiger partial charge < -0.3 is 14.9 Å². The number of ether oxygens (including phenoxy) is 1. The Morgan fingerprint density at radius 2 is 2.19 bits per heavy atom. The van der Waals surface area contributed by atoms with Gasteiger partial charge in [0.05, 0.1) is 30.4 Å². The molecule has 3 heterocycles. The van der Waals surface area contributed by atoms with Gasteiger partial charge in [0.25, 0.3) is 0 Å². The average molecular weight is 461 g/mol. The molecule has 3 atom stereocenters. The monoisotopic (exact) mass is 460 g/mol. The number of cyclic esters (lactones) is 1. The Morgan fingerprint density at radius 1 is 1.34 bits per heavy atom. The average Bonchev–Trinajstić information content (AvgIpc) is 3.32. The second kappa shape index (κ2) is 9.52. The van der Waals surface area contributed by atoms with Gasteiger partial charge in [0.2, 0.25) is 5.91 Å². The van der Waals surface area contributed by atoms with E-state index in [4.69, 9.17) is 21.2 Å². The van der Waals surface area contributed by atoms with E-state index in [1.807, 2.05) is 6.08 Å². The van der Waals surface area contributed by atoms with Crippen LogP contribution in [-0.2, 0) is 14.4 Å². The zero-order valence-electron chi connectivity index (χ0n) is 17.3. The van der Waals surface area contributed by atoms with Gasteiger partial charge in [-0.25, -0.2) is 9.18 Å². The number of hydrogen-bond donors (Lipinski definition) is 1. The molecule has 3 aliphatic heterocycles. The van der Waals surface area contributed by atoms with Gasteiger partial charge in [-0.1, -0.05) is 23.4 Å². The number of nitrogens with zero attached hydrogens (tertiary/aromatic N) is 3. The van der Waals surface area contributed by atoms with Gasteiger partial charge in [0.1, 0.15) is 23.7 Å². The first kappa shape index (κ1) is 22.0. The summed E-state index contributed by atoms with van der Waals surface area (Å²) in [6.07, 6.45) is 6.38. The number of allylic oxidation sites excluding steroid dienone is 3. The normalized spacial score (nSPS) is 24.5. The molecule has 8 nitrogen and oxygen atoms in total. The molecule has 1 N–H and O–H groups in total. The summed E-state index contributed by atoms with van der Waals surface area (Å²) < 4.78 is 20.2. The van der Waals surface area contributed by atoms with Gasteiger partial charge in [-0.15, -0.1) is 11.6 Å². The van der Waals surface area contributed by atoms with Crippen molar-refractivity contribution in [2.45, 2.75) is 31.5 Å². The minimum atomic E-state index is -0.574. The van der Waals surface area contributed by atoms with Crippen LogP contribution in [0.15, 0.2) is 52.8 Å². The Kier molecular flexibility index (Phi) is 6.55. The lowest BCUT2D eigenvalue weighted by Gasteiger charge is -2.16. The quantitative estimate of drug-likeness (QED) is 0.659. The van der Waals surface area contributed by atoms with Gasteiger partial charge >= 0.3 is 6.09 Å². The van der Waals surface area contributed by atoms with Crippen molar-refractivity contribution in [2.75, 3.05) is 23.9 Å². The van der Waals surface area contributed by atoms with Crippen molar-refractivity contribution in [3.63, 3.8) is 0 Å². The Bertz CT molecular complexity index is 1040. The number of aliphatic imine (C=N–C) groups is 1. The number of carbonyl (C=O) groups is 2. The first-order valence-electron chi connectivity index (χ1n) is 10.2. The first-order chi connectivity index (χ1) is 15.4. The van der Waals surface area contributed by atoms with Gasteiger partial charge in [0, 0.05) is 25.5 Å². The Labute approximate surface area is 189 Å². The van der Waals surface area contributed by atoms with Gasteiger partial charge in [-0.3, -0.25) is 14.7 Å². The lowest BCUT2D eigenvalue weighted by atomic mass is 9.97. The largest absolute Gasteiger partial charge is 0.442 e. The SMILES string of the molecule is CC(=O)NCC1CN(c2ccc(C3C=CN=C(C4=NOC(CCl)C4)C=C3)c(F)c2)C(=O)O1. The zero-order chi connectivity index (χ0) is 22.7. The molecule has 1 aromatic rings. The molecule has 3 aliphatic rings. The molecular weight excluding hydrogens is 439 g/mol. The predicted octanol–water partition coefficient (Wildman–Crippen LogP) is 3.28. The lowest BCUT2D eigenvalue weighted by molar-refractivity contribution is -0.119. The topological polar surface area (TPSA) is 92.6 Å². The van der Waals surface area contributed by atoms with Crippen molar-refractivity contribution in [2.24, 2.45) is 10.1 Å². The van der Waals surface area contributed by atoms with Crippen LogP contribution >= 0.6 is 11.6 Å². The van der Waals surface area contributed by atoms with E-state index < -0.39 is 18.0 Å². The summed E-state index contributed by atoms with van der Waals surface area (Å²) in [6.45, 7) is 1.82. The van der Waals surface area contributed by atoms with Crippen molar-refractivity contribution < 1.29 is 23.6 Å². The molecule has 0 saturated carbocycles. The molecule has 1 fully saturated rings. The molecule has 2 amide bonds. The molecule has 1 saturated heterocycles. The smallest absolute Gasteiger partial charge is 0.414 e. The van der Waals surface area contributed by atoms with Crippen LogP contribution in [0.2, 0.25) is 0 Å². The molecule has 0 spiro atoms. The van der Waals surface area contributed by atoms with Crippen molar-refractivity contribution in [3.8, 4) is 0 Å². The van der Waals surface area contributed by atoms with E-state index in [-0.39, 0.29) is 31.0 Å². The highest BCUT2D eigenvalue weighted by molar-refractivity contribution is 6.47. The molecule has 0 bridgehead atoms. The van der Waals surface area contributed by atoms with Crippen LogP contribution in [0, 0.1) is 5.82 Å². The number of nitrogens with one attached hydrogen (secondary N) is 1. The number of carbonyl (C=O) groups excluding carboxylic acids is 2. The van der Waals surface area contributed by atoms with Gasteiger partial charge in [-0.2, -0.15) is 0 Å². The minimum Gasteiger partial charge on any atom is -0.442 e. The van der Waals surface area contributed by atoms with E-state index in [9.17, 15) is 14.0 Å². The number of halogens is 2. The number of rotatable bonds is 6. The fraction of sp³-hybridized carbons (Fsp3) is 0.364. The van der Waals surface area contributed by atoms with Crippen molar-refractivity contribution >= 4 is 40.7 Å². The first-order valence-corrected chi connectivity index (χ1v) is 10.7. The predicted molar refractivity (Wildman–Crippen MR) is 119 cm³/mol. The van der Waals surface area contributed by atoms with E-state index in [1.165, 1.54) is 17.9 Å². The minimum absolute atomic E-state index is 0.161. The van der Waals surface area contributed by atoms with E-state index in [0.717, 1.165) is 0 Å². The van der Waals surface area contributed by atoms with Crippen LogP contribution in [0.25, 0.3) is 0 Å². The van der Waals surface area contributed by atoms with Crippen LogP contribution in [-0.4, -0.2) is 54.6 Å². The third-order valence-corrected chi connectivity index (χ3v) is 5.62. The van der Waals surface area contributed by atoms with Gasteiger partial charge in [0.15, 0.2) is 0 Å². The van der Waals surface area contributed by atoms with Crippen LogP contribution < -0.4 is 10.2 Å². The molecule has 4 rings (SSSR count). The van der Waals surface area contributed by atoms with E-state index in [2.05, 4.69) is 15.5 Å². The van der Waals surface area contributed by atoms with Gasteiger partial charge in [-0.05, 0) is 23.8 Å². The Morgan fingerprint density at radius 3 is 2.91 bits per heavy atom. The van der Waals surface area contributed by atoms with E-state index in [1.54, 1.807) is 30.5 Å². The highest BCUT2D eigenvalue weighted by Gasteiger charge is 2.33. The van der Waals surface area contributed by atoms with Crippen LogP contribution in [0.4, 0.5) is 14.9 Å². The number of alkyl halides is 1. The third kappa shape index (κ3) is 4.83. The van der Waals surface area contributed by atoms with Crippen LogP contribution in [0.3, 0.4) is 0 Å². The van der Waals surface area contributed by atoms with E-state index >= 15 is 0 Å². The van der Waals surface area contributed by atoms with Crippen molar-refractivity contribution in [3.05, 3.63) is 54.0 Å². The van der Waals surface area contributed by atoms with E-state index in [0.29, 0.717) is 35.0 Å². The molecule has 32 heavy (non-hydrogen) atoms. The Balaban J connectivity index is 1.45. The standard InChI is InChI=1S/C22H22ClFN4O4/c1-13(29)26-11-17-12-28(22(30)31-17)15-3-4-18(19(24)8-15)14-2-5-20(25-7-6-14)21-9-16(10-23)32-27-21/h2-8,14,16-17H,9-12H2,1H3,(H,26,29). The second-order valence-corrected chi connectivity index (χ2v) is 7.93. The molecule has 168 valence electrons. The number of benzene rings is 1. The lowest BCUT2D eigenvalue weighted by Crippen LogP contribution is -2.33. The summed E-state index contributed by atoms with van der Waals surface area (Å²) >= 11 is 5.81. The maximum Gasteiger partial charge on any atom is 0.414 e. The third-order valence-electron chi connectivity index (χ3n) is 5.28. The zero-order valence-corrected chi connectivity index (χ0v) is 18.1. The van der Waals surface area contributed by atoms with Crippen LogP contribution in [0.5, 0.6) is 0 Å². The molecule has 0 radical (unpaired) electrons. The summed E-state index contributed by atoms with van der Waals surface area (Å²) in [6, 6.07) is 4.63. The molecule has 0 aromatic heterocycles. The maximum absolute atomic E-state index is 15.0. The fourth-order valence-electron chi connectivity index (χ4n) is 3.61. The highest BCUT2D eigenvalue weighted by atomic mass is 35.5. The summed E-state index contributed by atoms with van der Waals surface area (Å²) in [5, 5.41) is 6.64. The second-order valence-electron chi connectivity index (χ2n) is 7.62. The molecule has 10 heteroatoms. The number of hydrogen-bond acceptors (Lipinski definition) is 6.